The van der Waals surface area contributed by atoms with Gasteiger partial charge in [0.05, 0.1) is 14.2 Å². The van der Waals surface area contributed by atoms with E-state index in [4.69, 9.17) is 14.6 Å². The SMILES string of the molecule is COc1ccc(/C(C)=C/C=C/C(C)=C/C(=O)O)cc1OC. The lowest BCUT2D eigenvalue weighted by atomic mass is 10.1. The zero-order chi connectivity index (χ0) is 15.8. The van der Waals surface area contributed by atoms with Crippen molar-refractivity contribution in [2.24, 2.45) is 0 Å². The highest BCUT2D eigenvalue weighted by molar-refractivity contribution is 5.81. The smallest absolute Gasteiger partial charge is 0.328 e. The summed E-state index contributed by atoms with van der Waals surface area (Å²) in [5.74, 6) is 0.413. The van der Waals surface area contributed by atoms with Crippen molar-refractivity contribution >= 4 is 11.5 Å². The molecule has 1 aromatic carbocycles. The van der Waals surface area contributed by atoms with Gasteiger partial charge in [0, 0.05) is 6.08 Å². The maximum atomic E-state index is 10.5. The Hall–Kier alpha value is -2.49. The maximum Gasteiger partial charge on any atom is 0.328 e. The van der Waals surface area contributed by atoms with Gasteiger partial charge in [-0.05, 0) is 42.7 Å². The Kier molecular flexibility index (Phi) is 6.27. The monoisotopic (exact) mass is 288 g/mol. The predicted octanol–water partition coefficient (Wildman–Crippen LogP) is 3.69. The van der Waals surface area contributed by atoms with Gasteiger partial charge in [-0.1, -0.05) is 24.3 Å². The second-order valence-electron chi connectivity index (χ2n) is 4.51. The van der Waals surface area contributed by atoms with Crippen LogP contribution in [0.2, 0.25) is 0 Å². The topological polar surface area (TPSA) is 55.8 Å². The van der Waals surface area contributed by atoms with Crippen LogP contribution in [0.25, 0.3) is 5.57 Å². The van der Waals surface area contributed by atoms with Crippen LogP contribution in [0.15, 0.2) is 48.1 Å². The minimum absolute atomic E-state index is 0.675. The van der Waals surface area contributed by atoms with Crippen molar-refractivity contribution < 1.29 is 19.4 Å². The van der Waals surface area contributed by atoms with Crippen molar-refractivity contribution in [3.8, 4) is 11.5 Å². The van der Waals surface area contributed by atoms with Crippen molar-refractivity contribution in [1.82, 2.24) is 0 Å². The molecule has 4 heteroatoms. The van der Waals surface area contributed by atoms with Crippen LogP contribution in [0.1, 0.15) is 19.4 Å². The van der Waals surface area contributed by atoms with E-state index < -0.39 is 5.97 Å². The van der Waals surface area contributed by atoms with E-state index in [1.54, 1.807) is 27.2 Å². The third-order valence-corrected chi connectivity index (χ3v) is 2.90. The van der Waals surface area contributed by atoms with Crippen molar-refractivity contribution in [2.45, 2.75) is 13.8 Å². The van der Waals surface area contributed by atoms with Crippen LogP contribution in [0, 0.1) is 0 Å². The molecule has 21 heavy (non-hydrogen) atoms. The van der Waals surface area contributed by atoms with Crippen molar-refractivity contribution in [3.63, 3.8) is 0 Å². The molecule has 0 aliphatic heterocycles. The molecule has 0 aliphatic carbocycles. The van der Waals surface area contributed by atoms with Gasteiger partial charge in [-0.3, -0.25) is 0 Å². The van der Waals surface area contributed by atoms with E-state index in [1.807, 2.05) is 37.3 Å². The Labute approximate surface area is 125 Å². The summed E-state index contributed by atoms with van der Waals surface area (Å²) in [4.78, 5) is 10.5. The molecule has 0 saturated carbocycles. The standard InChI is InChI=1S/C17H20O4/c1-12(10-17(18)19)6-5-7-13(2)14-8-9-15(20-3)16(11-14)21-4/h5-11H,1-4H3,(H,18,19)/b6-5+,12-10+,13-7+. The number of allylic oxidation sites excluding steroid dienone is 5. The largest absolute Gasteiger partial charge is 0.493 e. The summed E-state index contributed by atoms with van der Waals surface area (Å²) in [6.45, 7) is 3.71. The summed E-state index contributed by atoms with van der Waals surface area (Å²) >= 11 is 0. The van der Waals surface area contributed by atoms with Gasteiger partial charge < -0.3 is 14.6 Å². The molecule has 0 bridgehead atoms. The van der Waals surface area contributed by atoms with Crippen LogP contribution in [0.4, 0.5) is 0 Å². The number of carbonyl (C=O) groups is 1. The molecule has 0 saturated heterocycles. The number of benzene rings is 1. The number of rotatable bonds is 6. The Morgan fingerprint density at radius 2 is 1.81 bits per heavy atom. The second-order valence-corrected chi connectivity index (χ2v) is 4.51. The molecular weight excluding hydrogens is 268 g/mol. The van der Waals surface area contributed by atoms with Gasteiger partial charge in [-0.25, -0.2) is 4.79 Å². The molecule has 1 aromatic rings. The summed E-state index contributed by atoms with van der Waals surface area (Å²) in [5.41, 5.74) is 2.73. The molecule has 0 unspecified atom stereocenters. The average Bonchev–Trinajstić information content (AvgIpc) is 2.45. The zero-order valence-corrected chi connectivity index (χ0v) is 12.7. The first-order chi connectivity index (χ1) is 9.97. The molecule has 0 radical (unpaired) electrons. The van der Waals surface area contributed by atoms with E-state index in [1.165, 1.54) is 0 Å². The van der Waals surface area contributed by atoms with Gasteiger partial charge in [0.1, 0.15) is 0 Å². The van der Waals surface area contributed by atoms with E-state index in [9.17, 15) is 4.79 Å². The first-order valence-corrected chi connectivity index (χ1v) is 6.46. The fourth-order valence-electron chi connectivity index (χ4n) is 1.76. The summed E-state index contributed by atoms with van der Waals surface area (Å²) in [6.07, 6.45) is 6.65. The van der Waals surface area contributed by atoms with E-state index in [-0.39, 0.29) is 0 Å². The summed E-state index contributed by atoms with van der Waals surface area (Å²) in [7, 11) is 3.20. The Morgan fingerprint density at radius 3 is 2.38 bits per heavy atom. The van der Waals surface area contributed by atoms with Crippen LogP contribution in [0.3, 0.4) is 0 Å². The quantitative estimate of drug-likeness (QED) is 0.640. The van der Waals surface area contributed by atoms with Crippen LogP contribution in [0.5, 0.6) is 11.5 Å². The molecule has 0 fully saturated rings. The van der Waals surface area contributed by atoms with Gasteiger partial charge in [0.25, 0.3) is 0 Å². The number of carboxylic acid groups (broad SMARTS) is 1. The fourth-order valence-corrected chi connectivity index (χ4v) is 1.76. The van der Waals surface area contributed by atoms with Crippen molar-refractivity contribution in [1.29, 1.82) is 0 Å². The number of aliphatic carboxylic acids is 1. The Bertz CT molecular complexity index is 595. The maximum absolute atomic E-state index is 10.5. The third-order valence-electron chi connectivity index (χ3n) is 2.90. The minimum Gasteiger partial charge on any atom is -0.493 e. The average molecular weight is 288 g/mol. The second kappa shape index (κ2) is 7.94. The molecule has 4 nitrogen and oxygen atoms in total. The minimum atomic E-state index is -0.947. The lowest BCUT2D eigenvalue weighted by Gasteiger charge is -2.09. The molecule has 0 aliphatic rings. The van der Waals surface area contributed by atoms with Crippen LogP contribution < -0.4 is 9.47 Å². The first-order valence-electron chi connectivity index (χ1n) is 6.46. The predicted molar refractivity (Wildman–Crippen MR) is 83.7 cm³/mol. The third kappa shape index (κ3) is 5.18. The first kappa shape index (κ1) is 16.6. The molecule has 0 heterocycles. The molecule has 0 aromatic heterocycles. The number of hydrogen-bond acceptors (Lipinski definition) is 3. The lowest BCUT2D eigenvalue weighted by molar-refractivity contribution is -0.131. The zero-order valence-electron chi connectivity index (χ0n) is 12.7. The number of methoxy groups -OCH3 is 2. The molecule has 0 spiro atoms. The fraction of sp³-hybridized carbons (Fsp3) is 0.235. The molecule has 1 N–H and O–H groups in total. The van der Waals surface area contributed by atoms with Crippen LogP contribution >= 0.6 is 0 Å². The molecule has 1 rings (SSSR count). The van der Waals surface area contributed by atoms with Crippen LogP contribution in [-0.2, 0) is 4.79 Å². The van der Waals surface area contributed by atoms with Gasteiger partial charge in [-0.15, -0.1) is 0 Å². The Morgan fingerprint density at radius 1 is 1.14 bits per heavy atom. The van der Waals surface area contributed by atoms with Crippen molar-refractivity contribution in [3.05, 3.63) is 53.6 Å². The normalized spacial score (nSPS) is 12.6. The summed E-state index contributed by atoms with van der Waals surface area (Å²) in [5, 5.41) is 8.63. The molecule has 0 amide bonds. The van der Waals surface area contributed by atoms with E-state index >= 15 is 0 Å². The van der Waals surface area contributed by atoms with Crippen molar-refractivity contribution in [2.75, 3.05) is 14.2 Å². The van der Waals surface area contributed by atoms with E-state index in [0.717, 1.165) is 17.2 Å². The van der Waals surface area contributed by atoms with Gasteiger partial charge in [-0.2, -0.15) is 0 Å². The van der Waals surface area contributed by atoms with Gasteiger partial charge in [0.15, 0.2) is 11.5 Å². The van der Waals surface area contributed by atoms with E-state index in [2.05, 4.69) is 0 Å². The number of hydrogen-bond donors (Lipinski definition) is 1. The van der Waals surface area contributed by atoms with Crippen LogP contribution in [-0.4, -0.2) is 25.3 Å². The van der Waals surface area contributed by atoms with Gasteiger partial charge in [0.2, 0.25) is 0 Å². The summed E-state index contributed by atoms with van der Waals surface area (Å²) in [6, 6.07) is 5.70. The lowest BCUT2D eigenvalue weighted by Crippen LogP contribution is -1.91. The molecular formula is C17H20O4. The molecule has 0 atom stereocenters. The highest BCUT2D eigenvalue weighted by atomic mass is 16.5. The number of ether oxygens (including phenoxy) is 2. The molecule has 112 valence electrons. The van der Waals surface area contributed by atoms with E-state index in [0.29, 0.717) is 17.1 Å². The number of carboxylic acids is 1. The Balaban J connectivity index is 2.93. The summed E-state index contributed by atoms with van der Waals surface area (Å²) < 4.78 is 10.5. The highest BCUT2D eigenvalue weighted by Gasteiger charge is 2.04. The van der Waals surface area contributed by atoms with Gasteiger partial charge >= 0.3 is 5.97 Å². The highest BCUT2D eigenvalue weighted by Crippen LogP contribution is 2.30.